The second kappa shape index (κ2) is 7.29. The van der Waals surface area contributed by atoms with E-state index in [-0.39, 0.29) is 24.4 Å². The average Bonchev–Trinajstić information content (AvgIpc) is 2.43. The molecule has 5 nitrogen and oxygen atoms in total. The molecule has 0 heterocycles. The van der Waals surface area contributed by atoms with Gasteiger partial charge in [-0.3, -0.25) is 9.59 Å². The van der Waals surface area contributed by atoms with Crippen molar-refractivity contribution in [1.82, 2.24) is 10.2 Å². The van der Waals surface area contributed by atoms with Gasteiger partial charge < -0.3 is 10.2 Å². The van der Waals surface area contributed by atoms with Crippen molar-refractivity contribution in [2.45, 2.75) is 26.8 Å². The van der Waals surface area contributed by atoms with Crippen LogP contribution >= 0.6 is 0 Å². The molecular formula is C15H19N3O2. The van der Waals surface area contributed by atoms with E-state index in [9.17, 15) is 9.59 Å². The number of carbonyl (C=O) groups is 2. The summed E-state index contributed by atoms with van der Waals surface area (Å²) in [6.45, 7) is 6.00. The van der Waals surface area contributed by atoms with Gasteiger partial charge in [-0.25, -0.2) is 0 Å². The third kappa shape index (κ3) is 4.39. The SMILES string of the molecule is CCN(CC(=O)NC(C)C)C(=O)c1cccc(C#N)c1. The molecule has 0 radical (unpaired) electrons. The molecule has 0 aliphatic carbocycles. The van der Waals surface area contributed by atoms with E-state index in [0.717, 1.165) is 0 Å². The first-order valence-electron chi connectivity index (χ1n) is 6.56. The lowest BCUT2D eigenvalue weighted by Crippen LogP contribution is -2.42. The largest absolute Gasteiger partial charge is 0.352 e. The maximum atomic E-state index is 12.3. The minimum absolute atomic E-state index is 0.0181. The molecule has 1 rings (SSSR count). The molecule has 0 spiro atoms. The van der Waals surface area contributed by atoms with Crippen molar-refractivity contribution in [1.29, 1.82) is 5.26 Å². The number of carbonyl (C=O) groups excluding carboxylic acids is 2. The van der Waals surface area contributed by atoms with Crippen LogP contribution < -0.4 is 5.32 Å². The lowest BCUT2D eigenvalue weighted by molar-refractivity contribution is -0.122. The Morgan fingerprint density at radius 2 is 2.10 bits per heavy atom. The molecule has 5 heteroatoms. The van der Waals surface area contributed by atoms with Crippen LogP contribution in [0.2, 0.25) is 0 Å². The van der Waals surface area contributed by atoms with Crippen LogP contribution in [-0.4, -0.2) is 35.8 Å². The minimum atomic E-state index is -0.247. The summed E-state index contributed by atoms with van der Waals surface area (Å²) >= 11 is 0. The van der Waals surface area contributed by atoms with Crippen molar-refractivity contribution in [3.05, 3.63) is 35.4 Å². The molecule has 0 aliphatic heterocycles. The van der Waals surface area contributed by atoms with Gasteiger partial charge in [0.1, 0.15) is 0 Å². The van der Waals surface area contributed by atoms with Gasteiger partial charge in [0.15, 0.2) is 0 Å². The molecule has 0 saturated heterocycles. The molecule has 0 atom stereocenters. The van der Waals surface area contributed by atoms with Gasteiger partial charge >= 0.3 is 0 Å². The fraction of sp³-hybridized carbons (Fsp3) is 0.400. The molecule has 1 aromatic carbocycles. The van der Waals surface area contributed by atoms with Gasteiger partial charge in [0, 0.05) is 18.2 Å². The summed E-state index contributed by atoms with van der Waals surface area (Å²) in [4.78, 5) is 25.5. The van der Waals surface area contributed by atoms with E-state index in [1.54, 1.807) is 18.2 Å². The summed E-state index contributed by atoms with van der Waals surface area (Å²) < 4.78 is 0. The number of likely N-dealkylation sites (N-methyl/N-ethyl adjacent to an activating group) is 1. The highest BCUT2D eigenvalue weighted by Gasteiger charge is 2.17. The Kier molecular flexibility index (Phi) is 5.73. The van der Waals surface area contributed by atoms with Gasteiger partial charge in [-0.1, -0.05) is 6.07 Å². The Balaban J connectivity index is 2.81. The van der Waals surface area contributed by atoms with Crippen LogP contribution in [-0.2, 0) is 4.79 Å². The highest BCUT2D eigenvalue weighted by molar-refractivity contribution is 5.96. The number of nitrogens with zero attached hydrogens (tertiary/aromatic N) is 2. The van der Waals surface area contributed by atoms with Crippen molar-refractivity contribution in [3.63, 3.8) is 0 Å². The van der Waals surface area contributed by atoms with E-state index < -0.39 is 0 Å². The zero-order valence-corrected chi connectivity index (χ0v) is 12.0. The zero-order chi connectivity index (χ0) is 15.1. The highest BCUT2D eigenvalue weighted by Crippen LogP contribution is 2.08. The van der Waals surface area contributed by atoms with Gasteiger partial charge in [-0.2, -0.15) is 5.26 Å². The molecule has 0 saturated carbocycles. The van der Waals surface area contributed by atoms with Gasteiger partial charge in [0.2, 0.25) is 5.91 Å². The molecular weight excluding hydrogens is 254 g/mol. The fourth-order valence-electron chi connectivity index (χ4n) is 1.77. The maximum absolute atomic E-state index is 12.3. The van der Waals surface area contributed by atoms with Gasteiger partial charge in [0.25, 0.3) is 5.91 Å². The van der Waals surface area contributed by atoms with Crippen LogP contribution in [0.5, 0.6) is 0 Å². The number of benzene rings is 1. The van der Waals surface area contributed by atoms with Crippen LogP contribution in [0.1, 0.15) is 36.7 Å². The number of nitrogens with one attached hydrogen (secondary N) is 1. The van der Waals surface area contributed by atoms with E-state index in [2.05, 4.69) is 5.32 Å². The predicted octanol–water partition coefficient (Wildman–Crippen LogP) is 1.54. The number of rotatable bonds is 5. The summed E-state index contributed by atoms with van der Waals surface area (Å²) in [6.07, 6.45) is 0. The molecule has 0 aliphatic rings. The molecule has 0 aromatic heterocycles. The molecule has 0 bridgehead atoms. The van der Waals surface area contributed by atoms with Crippen molar-refractivity contribution < 1.29 is 9.59 Å². The standard InChI is InChI=1S/C15H19N3O2/c1-4-18(10-14(19)17-11(2)3)15(20)13-7-5-6-12(8-13)9-16/h5-8,11H,4,10H2,1-3H3,(H,17,19). The lowest BCUT2D eigenvalue weighted by atomic mass is 10.1. The summed E-state index contributed by atoms with van der Waals surface area (Å²) in [6, 6.07) is 8.51. The second-order valence-corrected chi connectivity index (χ2v) is 4.73. The highest BCUT2D eigenvalue weighted by atomic mass is 16.2. The number of amides is 2. The molecule has 106 valence electrons. The van der Waals surface area contributed by atoms with Crippen molar-refractivity contribution in [3.8, 4) is 6.07 Å². The lowest BCUT2D eigenvalue weighted by Gasteiger charge is -2.21. The Labute approximate surface area is 119 Å². The molecule has 1 N–H and O–H groups in total. The van der Waals surface area contributed by atoms with Crippen molar-refractivity contribution in [2.75, 3.05) is 13.1 Å². The predicted molar refractivity (Wildman–Crippen MR) is 76.0 cm³/mol. The number of hydrogen-bond acceptors (Lipinski definition) is 3. The Morgan fingerprint density at radius 3 is 2.65 bits per heavy atom. The van der Waals surface area contributed by atoms with Crippen LogP contribution in [0, 0.1) is 11.3 Å². The van der Waals surface area contributed by atoms with Crippen molar-refractivity contribution in [2.24, 2.45) is 0 Å². The Hall–Kier alpha value is -2.35. The smallest absolute Gasteiger partial charge is 0.254 e. The molecule has 20 heavy (non-hydrogen) atoms. The first-order chi connectivity index (χ1) is 9.47. The van der Waals surface area contributed by atoms with E-state index >= 15 is 0 Å². The van der Waals surface area contributed by atoms with E-state index in [1.807, 2.05) is 26.8 Å². The van der Waals surface area contributed by atoms with Gasteiger partial charge in [-0.15, -0.1) is 0 Å². The summed E-state index contributed by atoms with van der Waals surface area (Å²) in [5.41, 5.74) is 0.849. The third-order valence-corrected chi connectivity index (χ3v) is 2.69. The average molecular weight is 273 g/mol. The first-order valence-corrected chi connectivity index (χ1v) is 6.56. The molecule has 0 unspecified atom stereocenters. The Bertz CT molecular complexity index is 532. The van der Waals surface area contributed by atoms with Crippen LogP contribution in [0.15, 0.2) is 24.3 Å². The minimum Gasteiger partial charge on any atom is -0.352 e. The zero-order valence-electron chi connectivity index (χ0n) is 12.0. The topological polar surface area (TPSA) is 73.2 Å². The first kappa shape index (κ1) is 15.7. The molecule has 0 fully saturated rings. The van der Waals surface area contributed by atoms with E-state index in [0.29, 0.717) is 17.7 Å². The monoisotopic (exact) mass is 273 g/mol. The van der Waals surface area contributed by atoms with Crippen LogP contribution in [0.25, 0.3) is 0 Å². The van der Waals surface area contributed by atoms with Gasteiger partial charge in [0.05, 0.1) is 18.2 Å². The van der Waals surface area contributed by atoms with Crippen LogP contribution in [0.4, 0.5) is 0 Å². The number of nitriles is 1. The summed E-state index contributed by atoms with van der Waals surface area (Å²) in [7, 11) is 0. The summed E-state index contributed by atoms with van der Waals surface area (Å²) in [5, 5.41) is 11.6. The normalized spacial score (nSPS) is 9.95. The Morgan fingerprint density at radius 1 is 1.40 bits per heavy atom. The maximum Gasteiger partial charge on any atom is 0.254 e. The molecule has 2 amide bonds. The van der Waals surface area contributed by atoms with E-state index in [4.69, 9.17) is 5.26 Å². The summed E-state index contributed by atoms with van der Waals surface area (Å²) in [5.74, 6) is -0.435. The van der Waals surface area contributed by atoms with Gasteiger partial charge in [-0.05, 0) is 39.0 Å². The van der Waals surface area contributed by atoms with Crippen molar-refractivity contribution >= 4 is 11.8 Å². The number of hydrogen-bond donors (Lipinski definition) is 1. The van der Waals surface area contributed by atoms with Crippen LogP contribution in [0.3, 0.4) is 0 Å². The van der Waals surface area contributed by atoms with E-state index in [1.165, 1.54) is 11.0 Å². The molecule has 1 aromatic rings. The third-order valence-electron chi connectivity index (χ3n) is 2.69. The fourth-order valence-corrected chi connectivity index (χ4v) is 1.77. The quantitative estimate of drug-likeness (QED) is 0.884. The second-order valence-electron chi connectivity index (χ2n) is 4.73.